The lowest BCUT2D eigenvalue weighted by Crippen LogP contribution is -2.20. The third-order valence-electron chi connectivity index (χ3n) is 1.95. The van der Waals surface area contributed by atoms with Gasteiger partial charge in [-0.1, -0.05) is 30.3 Å². The Morgan fingerprint density at radius 3 is 2.41 bits per heavy atom. The van der Waals surface area contributed by atoms with Crippen molar-refractivity contribution in [3.63, 3.8) is 0 Å². The summed E-state index contributed by atoms with van der Waals surface area (Å²) in [6.07, 6.45) is 0.0900. The molecule has 1 aromatic carbocycles. The molecule has 0 aliphatic carbocycles. The predicted molar refractivity (Wildman–Crippen MR) is 62.1 cm³/mol. The molecule has 0 amide bonds. The second-order valence-corrected chi connectivity index (χ2v) is 4.81. The molecule has 0 aromatic heterocycles. The molecule has 0 saturated heterocycles. The number of hydrogen-bond donors (Lipinski definition) is 3. The lowest BCUT2D eigenvalue weighted by atomic mass is 10.1. The molecule has 0 saturated carbocycles. The highest BCUT2D eigenvalue weighted by molar-refractivity contribution is 7.67. The Kier molecular flexibility index (Phi) is 4.57. The zero-order valence-electron chi connectivity index (χ0n) is 8.80. The first-order chi connectivity index (χ1) is 7.88. The van der Waals surface area contributed by atoms with Crippen molar-refractivity contribution in [2.75, 3.05) is 0 Å². The summed E-state index contributed by atoms with van der Waals surface area (Å²) in [6.45, 7) is 0. The Balaban J connectivity index is 2.78. The summed E-state index contributed by atoms with van der Waals surface area (Å²) < 4.78 is 10.6. The SMILES string of the molecule is O=C(O)C(Cc1ccccc1)N=CP(=O)(O)O. The lowest BCUT2D eigenvalue weighted by molar-refractivity contribution is -0.138. The second-order valence-electron chi connectivity index (χ2n) is 3.40. The van der Waals surface area contributed by atoms with Gasteiger partial charge in [0.15, 0.2) is 6.04 Å². The standard InChI is InChI=1S/C10H12NO5P/c12-10(13)9(11-7-17(14,15)16)6-8-4-2-1-3-5-8/h1-5,7,9H,6H2,(H,12,13)(H2,14,15,16). The van der Waals surface area contributed by atoms with E-state index in [1.165, 1.54) is 0 Å². The van der Waals surface area contributed by atoms with Gasteiger partial charge in [-0.2, -0.15) is 0 Å². The van der Waals surface area contributed by atoms with E-state index in [1.807, 2.05) is 0 Å². The van der Waals surface area contributed by atoms with Gasteiger partial charge in [0.05, 0.1) is 0 Å². The molecule has 1 rings (SSSR count). The van der Waals surface area contributed by atoms with Crippen LogP contribution in [-0.2, 0) is 15.8 Å². The molecular weight excluding hydrogens is 245 g/mol. The number of rotatable bonds is 5. The van der Waals surface area contributed by atoms with Gasteiger partial charge in [-0.05, 0) is 5.56 Å². The van der Waals surface area contributed by atoms with Crippen molar-refractivity contribution >= 4 is 19.5 Å². The number of carboxylic acid groups (broad SMARTS) is 1. The third-order valence-corrected chi connectivity index (χ3v) is 2.39. The molecule has 0 radical (unpaired) electrons. The molecule has 0 aliphatic rings. The monoisotopic (exact) mass is 257 g/mol. The minimum absolute atomic E-state index is 0.0900. The molecule has 0 aliphatic heterocycles. The minimum atomic E-state index is -4.42. The molecule has 17 heavy (non-hydrogen) atoms. The maximum Gasteiger partial charge on any atom is 0.366 e. The Hall–Kier alpha value is -1.49. The summed E-state index contributed by atoms with van der Waals surface area (Å²) in [5.41, 5.74) is 0.739. The van der Waals surface area contributed by atoms with Gasteiger partial charge >= 0.3 is 13.6 Å². The van der Waals surface area contributed by atoms with E-state index in [0.717, 1.165) is 5.56 Å². The highest BCUT2D eigenvalue weighted by Gasteiger charge is 2.18. The Labute approximate surface area is 97.8 Å². The summed E-state index contributed by atoms with van der Waals surface area (Å²) in [5.74, 6) is -0.840. The van der Waals surface area contributed by atoms with Gasteiger partial charge in [0.2, 0.25) is 0 Å². The van der Waals surface area contributed by atoms with E-state index >= 15 is 0 Å². The van der Waals surface area contributed by atoms with E-state index in [9.17, 15) is 9.36 Å². The van der Waals surface area contributed by atoms with Crippen molar-refractivity contribution in [2.24, 2.45) is 4.99 Å². The normalized spacial score (nSPS) is 13.8. The van der Waals surface area contributed by atoms with Gasteiger partial charge in [0, 0.05) is 6.42 Å². The average Bonchev–Trinajstić information content (AvgIpc) is 2.24. The summed E-state index contributed by atoms with van der Waals surface area (Å²) in [6, 6.07) is 7.55. The Morgan fingerprint density at radius 1 is 1.35 bits per heavy atom. The molecule has 0 spiro atoms. The molecule has 1 aromatic rings. The maximum absolute atomic E-state index is 10.9. The number of benzene rings is 1. The summed E-state index contributed by atoms with van der Waals surface area (Å²) in [4.78, 5) is 31.4. The molecule has 7 heteroatoms. The zero-order valence-corrected chi connectivity index (χ0v) is 9.70. The topological polar surface area (TPSA) is 107 Å². The van der Waals surface area contributed by atoms with Crippen LogP contribution in [0.2, 0.25) is 0 Å². The van der Waals surface area contributed by atoms with Crippen LogP contribution in [0.15, 0.2) is 35.3 Å². The van der Waals surface area contributed by atoms with Gasteiger partial charge < -0.3 is 14.9 Å². The van der Waals surface area contributed by atoms with E-state index in [-0.39, 0.29) is 6.42 Å². The number of aliphatic imine (C=N–C) groups is 1. The van der Waals surface area contributed by atoms with Crippen molar-refractivity contribution in [3.05, 3.63) is 35.9 Å². The van der Waals surface area contributed by atoms with E-state index in [2.05, 4.69) is 4.99 Å². The van der Waals surface area contributed by atoms with Gasteiger partial charge in [-0.25, -0.2) is 4.79 Å². The van der Waals surface area contributed by atoms with Crippen molar-refractivity contribution < 1.29 is 24.3 Å². The Morgan fingerprint density at radius 2 is 1.94 bits per heavy atom. The molecule has 0 heterocycles. The second kappa shape index (κ2) is 5.72. The molecular formula is C10H12NO5P. The molecule has 0 fully saturated rings. The molecule has 1 atom stereocenters. The fourth-order valence-electron chi connectivity index (χ4n) is 1.21. The Bertz CT molecular complexity index is 453. The summed E-state index contributed by atoms with van der Waals surface area (Å²) in [5, 5.41) is 8.86. The first kappa shape index (κ1) is 13.6. The first-order valence-corrected chi connectivity index (χ1v) is 6.43. The van der Waals surface area contributed by atoms with Crippen LogP contribution in [0.25, 0.3) is 0 Å². The molecule has 1 unspecified atom stereocenters. The minimum Gasteiger partial charge on any atom is -0.480 e. The lowest BCUT2D eigenvalue weighted by Gasteiger charge is -2.07. The van der Waals surface area contributed by atoms with Crippen LogP contribution < -0.4 is 0 Å². The van der Waals surface area contributed by atoms with Crippen molar-refractivity contribution in [1.29, 1.82) is 0 Å². The van der Waals surface area contributed by atoms with E-state index < -0.39 is 19.6 Å². The quantitative estimate of drug-likeness (QED) is 0.536. The van der Waals surface area contributed by atoms with Crippen molar-refractivity contribution in [1.82, 2.24) is 0 Å². The van der Waals surface area contributed by atoms with Crippen molar-refractivity contribution in [2.45, 2.75) is 12.5 Å². The first-order valence-electron chi connectivity index (χ1n) is 4.75. The van der Waals surface area contributed by atoms with E-state index in [4.69, 9.17) is 14.9 Å². The van der Waals surface area contributed by atoms with Crippen LogP contribution in [0.1, 0.15) is 5.56 Å². The highest BCUT2D eigenvalue weighted by Crippen LogP contribution is 2.30. The van der Waals surface area contributed by atoms with Crippen LogP contribution in [-0.4, -0.2) is 32.9 Å². The zero-order chi connectivity index (χ0) is 12.9. The maximum atomic E-state index is 10.9. The number of carbonyl (C=O) groups is 1. The molecule has 6 nitrogen and oxygen atoms in total. The molecule has 92 valence electrons. The van der Waals surface area contributed by atoms with Gasteiger partial charge in [-0.15, -0.1) is 0 Å². The number of nitrogens with zero attached hydrogens (tertiary/aromatic N) is 1. The molecule has 0 bridgehead atoms. The van der Waals surface area contributed by atoms with Crippen LogP contribution >= 0.6 is 7.60 Å². The highest BCUT2D eigenvalue weighted by atomic mass is 31.2. The average molecular weight is 257 g/mol. The van der Waals surface area contributed by atoms with E-state index in [0.29, 0.717) is 5.96 Å². The van der Waals surface area contributed by atoms with Crippen LogP contribution in [0.4, 0.5) is 0 Å². The summed E-state index contributed by atoms with van der Waals surface area (Å²) in [7, 11) is -4.42. The fraction of sp³-hybridized carbons (Fsp3) is 0.200. The van der Waals surface area contributed by atoms with Crippen LogP contribution in [0.3, 0.4) is 0 Å². The van der Waals surface area contributed by atoms with Gasteiger partial charge in [0.25, 0.3) is 0 Å². The van der Waals surface area contributed by atoms with Crippen molar-refractivity contribution in [3.8, 4) is 0 Å². The summed E-state index contributed by atoms with van der Waals surface area (Å²) >= 11 is 0. The number of hydrogen-bond acceptors (Lipinski definition) is 3. The van der Waals surface area contributed by atoms with Gasteiger partial charge in [0.1, 0.15) is 5.96 Å². The third kappa shape index (κ3) is 5.40. The van der Waals surface area contributed by atoms with Crippen LogP contribution in [0, 0.1) is 0 Å². The van der Waals surface area contributed by atoms with E-state index in [1.54, 1.807) is 30.3 Å². The smallest absolute Gasteiger partial charge is 0.366 e. The number of carboxylic acids is 1. The van der Waals surface area contributed by atoms with Gasteiger partial charge in [-0.3, -0.25) is 9.56 Å². The number of aliphatic carboxylic acids is 1. The molecule has 3 N–H and O–H groups in total. The van der Waals surface area contributed by atoms with Crippen LogP contribution in [0.5, 0.6) is 0 Å². The predicted octanol–water partition coefficient (Wildman–Crippen LogP) is 0.888. The largest absolute Gasteiger partial charge is 0.480 e. The fourth-order valence-corrected chi connectivity index (χ4v) is 1.54.